The summed E-state index contributed by atoms with van der Waals surface area (Å²) in [7, 11) is 4.16. The summed E-state index contributed by atoms with van der Waals surface area (Å²) < 4.78 is 0. The van der Waals surface area contributed by atoms with Crippen LogP contribution >= 0.6 is 12.2 Å². The standard InChI is InChI=1S/C26H33N5S/c1-18(19-9-5-4-6-10-19)27-26(32)29-21-15-13-20(14-16-21)28-25-17-24(31(2)3)22-11-7-8-12-23(22)30-25/h4-12,17-18,20-21H,13-16H2,1-3H3,(H,28,30)(H2,27,29,32)/t18-,20-,21+/m1/s1. The molecule has 32 heavy (non-hydrogen) atoms. The third-order valence-electron chi connectivity index (χ3n) is 6.24. The zero-order valence-electron chi connectivity index (χ0n) is 19.1. The number of fused-ring (bicyclic) bond motifs is 1. The molecule has 2 aromatic carbocycles. The number of rotatable bonds is 6. The van der Waals surface area contributed by atoms with Crippen LogP contribution in [0.3, 0.4) is 0 Å². The summed E-state index contributed by atoms with van der Waals surface area (Å²) in [6.45, 7) is 2.14. The van der Waals surface area contributed by atoms with Gasteiger partial charge in [0.25, 0.3) is 0 Å². The number of para-hydroxylation sites is 1. The van der Waals surface area contributed by atoms with Gasteiger partial charge in [0.05, 0.1) is 11.6 Å². The lowest BCUT2D eigenvalue weighted by molar-refractivity contribution is 0.385. The molecule has 0 aliphatic heterocycles. The van der Waals surface area contributed by atoms with E-state index in [1.54, 1.807) is 0 Å². The number of nitrogens with one attached hydrogen (secondary N) is 3. The maximum atomic E-state index is 5.58. The van der Waals surface area contributed by atoms with Crippen molar-refractivity contribution in [3.63, 3.8) is 0 Å². The molecule has 1 aliphatic rings. The van der Waals surface area contributed by atoms with Crippen LogP contribution in [0.4, 0.5) is 11.5 Å². The molecule has 1 fully saturated rings. The summed E-state index contributed by atoms with van der Waals surface area (Å²) in [4.78, 5) is 7.01. The highest BCUT2D eigenvalue weighted by molar-refractivity contribution is 7.80. The first-order chi connectivity index (χ1) is 15.5. The summed E-state index contributed by atoms with van der Waals surface area (Å²) in [6.07, 6.45) is 4.38. The van der Waals surface area contributed by atoms with Crippen LogP contribution in [0.25, 0.3) is 10.9 Å². The van der Waals surface area contributed by atoms with Crippen LogP contribution in [0.1, 0.15) is 44.2 Å². The summed E-state index contributed by atoms with van der Waals surface area (Å²) in [5.74, 6) is 0.956. The molecule has 1 saturated carbocycles. The first-order valence-corrected chi connectivity index (χ1v) is 11.9. The van der Waals surface area contributed by atoms with Gasteiger partial charge < -0.3 is 20.9 Å². The second-order valence-electron chi connectivity index (χ2n) is 8.88. The summed E-state index contributed by atoms with van der Waals surface area (Å²) in [5.41, 5.74) is 3.46. The SMILES string of the molecule is C[C@@H](NC(=S)N[C@H]1CC[C@@H](Nc2cc(N(C)C)c3ccccc3n2)CC1)c1ccccc1. The second kappa shape index (κ2) is 10.2. The van der Waals surface area contributed by atoms with Gasteiger partial charge in [0, 0.05) is 43.3 Å². The lowest BCUT2D eigenvalue weighted by Gasteiger charge is -2.31. The Kier molecular flexibility index (Phi) is 7.10. The van der Waals surface area contributed by atoms with Crippen molar-refractivity contribution in [3.05, 3.63) is 66.2 Å². The van der Waals surface area contributed by atoms with E-state index >= 15 is 0 Å². The molecule has 0 unspecified atom stereocenters. The highest BCUT2D eigenvalue weighted by atomic mass is 32.1. The van der Waals surface area contributed by atoms with Crippen LogP contribution in [-0.4, -0.2) is 36.3 Å². The molecule has 0 amide bonds. The fourth-order valence-electron chi connectivity index (χ4n) is 4.44. The Balaban J connectivity index is 1.30. The van der Waals surface area contributed by atoms with Crippen molar-refractivity contribution >= 4 is 39.7 Å². The molecule has 6 heteroatoms. The Morgan fingerprint density at radius 3 is 2.34 bits per heavy atom. The minimum absolute atomic E-state index is 0.194. The third kappa shape index (κ3) is 5.49. The predicted octanol–water partition coefficient (Wildman–Crippen LogP) is 5.25. The zero-order valence-corrected chi connectivity index (χ0v) is 20.0. The van der Waals surface area contributed by atoms with E-state index in [1.807, 2.05) is 12.1 Å². The number of hydrogen-bond acceptors (Lipinski definition) is 4. The van der Waals surface area contributed by atoms with E-state index in [-0.39, 0.29) is 6.04 Å². The van der Waals surface area contributed by atoms with Crippen molar-refractivity contribution in [1.82, 2.24) is 15.6 Å². The van der Waals surface area contributed by atoms with E-state index in [2.05, 4.69) is 90.4 Å². The molecule has 1 aromatic heterocycles. The van der Waals surface area contributed by atoms with Crippen molar-refractivity contribution in [1.29, 1.82) is 0 Å². The summed E-state index contributed by atoms with van der Waals surface area (Å²) in [6, 6.07) is 21.9. The Labute approximate surface area is 196 Å². The maximum absolute atomic E-state index is 5.58. The van der Waals surface area contributed by atoms with E-state index in [4.69, 9.17) is 17.2 Å². The van der Waals surface area contributed by atoms with Gasteiger partial charge in [-0.15, -0.1) is 0 Å². The van der Waals surface area contributed by atoms with Crippen molar-refractivity contribution in [2.75, 3.05) is 24.3 Å². The Hall–Kier alpha value is -2.86. The molecular weight excluding hydrogens is 414 g/mol. The van der Waals surface area contributed by atoms with Crippen LogP contribution < -0.4 is 20.9 Å². The molecule has 1 heterocycles. The Bertz CT molecular complexity index is 1040. The number of aromatic nitrogens is 1. The largest absolute Gasteiger partial charge is 0.377 e. The van der Waals surface area contributed by atoms with Gasteiger partial charge in [-0.25, -0.2) is 4.98 Å². The van der Waals surface area contributed by atoms with E-state index in [0.29, 0.717) is 12.1 Å². The molecule has 0 spiro atoms. The summed E-state index contributed by atoms with van der Waals surface area (Å²) >= 11 is 5.58. The summed E-state index contributed by atoms with van der Waals surface area (Å²) in [5, 5.41) is 12.5. The fourth-order valence-corrected chi connectivity index (χ4v) is 4.78. The molecule has 0 radical (unpaired) electrons. The smallest absolute Gasteiger partial charge is 0.166 e. The van der Waals surface area contributed by atoms with Crippen molar-refractivity contribution in [2.45, 2.75) is 50.7 Å². The molecule has 168 valence electrons. The average Bonchev–Trinajstić information content (AvgIpc) is 2.80. The van der Waals surface area contributed by atoms with Crippen LogP contribution in [0.5, 0.6) is 0 Å². The topological polar surface area (TPSA) is 52.2 Å². The van der Waals surface area contributed by atoms with Crippen molar-refractivity contribution in [3.8, 4) is 0 Å². The quantitative estimate of drug-likeness (QED) is 0.449. The first kappa shape index (κ1) is 22.3. The fraction of sp³-hybridized carbons (Fsp3) is 0.385. The van der Waals surface area contributed by atoms with E-state index in [1.165, 1.54) is 16.6 Å². The lowest BCUT2D eigenvalue weighted by Crippen LogP contribution is -2.45. The number of hydrogen-bond donors (Lipinski definition) is 3. The molecule has 3 aromatic rings. The predicted molar refractivity (Wildman–Crippen MR) is 139 cm³/mol. The Morgan fingerprint density at radius 2 is 1.62 bits per heavy atom. The number of benzene rings is 2. The Morgan fingerprint density at radius 1 is 0.969 bits per heavy atom. The van der Waals surface area contributed by atoms with Gasteiger partial charge in [-0.1, -0.05) is 48.5 Å². The van der Waals surface area contributed by atoms with E-state index in [9.17, 15) is 0 Å². The monoisotopic (exact) mass is 447 g/mol. The van der Waals surface area contributed by atoms with Gasteiger partial charge >= 0.3 is 0 Å². The molecule has 5 nitrogen and oxygen atoms in total. The van der Waals surface area contributed by atoms with Gasteiger partial charge in [-0.05, 0) is 56.5 Å². The minimum atomic E-state index is 0.194. The minimum Gasteiger partial charge on any atom is -0.377 e. The van der Waals surface area contributed by atoms with Gasteiger partial charge in [0.1, 0.15) is 5.82 Å². The van der Waals surface area contributed by atoms with Crippen LogP contribution in [-0.2, 0) is 0 Å². The van der Waals surface area contributed by atoms with Crippen LogP contribution in [0, 0.1) is 0 Å². The number of pyridine rings is 1. The van der Waals surface area contributed by atoms with Crippen LogP contribution in [0.15, 0.2) is 60.7 Å². The molecule has 3 N–H and O–H groups in total. The third-order valence-corrected chi connectivity index (χ3v) is 6.47. The molecular formula is C26H33N5S. The number of anilines is 2. The zero-order chi connectivity index (χ0) is 22.5. The van der Waals surface area contributed by atoms with E-state index < -0.39 is 0 Å². The van der Waals surface area contributed by atoms with Gasteiger partial charge in [0.15, 0.2) is 5.11 Å². The number of nitrogens with zero attached hydrogens (tertiary/aromatic N) is 2. The molecule has 4 rings (SSSR count). The highest BCUT2D eigenvalue weighted by Gasteiger charge is 2.22. The van der Waals surface area contributed by atoms with Crippen molar-refractivity contribution < 1.29 is 0 Å². The first-order valence-electron chi connectivity index (χ1n) is 11.4. The van der Waals surface area contributed by atoms with Gasteiger partial charge in [-0.3, -0.25) is 0 Å². The van der Waals surface area contributed by atoms with Gasteiger partial charge in [-0.2, -0.15) is 0 Å². The average molecular weight is 448 g/mol. The van der Waals surface area contributed by atoms with Crippen molar-refractivity contribution in [2.24, 2.45) is 0 Å². The molecule has 1 aliphatic carbocycles. The molecule has 1 atom stereocenters. The second-order valence-corrected chi connectivity index (χ2v) is 9.29. The van der Waals surface area contributed by atoms with Crippen LogP contribution in [0.2, 0.25) is 0 Å². The molecule has 0 bridgehead atoms. The normalized spacial score (nSPS) is 19.2. The lowest BCUT2D eigenvalue weighted by atomic mass is 9.91. The molecule has 0 saturated heterocycles. The number of thiocarbonyl (C=S) groups is 1. The van der Waals surface area contributed by atoms with Gasteiger partial charge in [0.2, 0.25) is 0 Å². The highest BCUT2D eigenvalue weighted by Crippen LogP contribution is 2.29. The van der Waals surface area contributed by atoms with E-state index in [0.717, 1.165) is 42.1 Å². The maximum Gasteiger partial charge on any atom is 0.166 e.